The highest BCUT2D eigenvalue weighted by atomic mass is 16.5. The fraction of sp³-hybridized carbons (Fsp3) is 0.318. The summed E-state index contributed by atoms with van der Waals surface area (Å²) in [5, 5.41) is 27.2. The second-order valence-corrected chi connectivity index (χ2v) is 6.85. The van der Waals surface area contributed by atoms with Crippen LogP contribution in [0.3, 0.4) is 0 Å². The van der Waals surface area contributed by atoms with E-state index in [-0.39, 0.29) is 16.9 Å². The Balaban J connectivity index is 0.000000445. The maximum absolute atomic E-state index is 9.78. The smallest absolute Gasteiger partial charge is 0.328 e. The molecule has 0 saturated heterocycles. The van der Waals surface area contributed by atoms with Gasteiger partial charge >= 0.3 is 5.97 Å². The molecule has 0 aliphatic heterocycles. The molecule has 0 amide bonds. The van der Waals surface area contributed by atoms with Gasteiger partial charge in [-0.25, -0.2) is 4.79 Å². The third kappa shape index (κ3) is 6.70. The second-order valence-electron chi connectivity index (χ2n) is 6.85. The molecule has 27 heavy (non-hydrogen) atoms. The van der Waals surface area contributed by atoms with Gasteiger partial charge in [0.1, 0.15) is 5.75 Å². The van der Waals surface area contributed by atoms with Gasteiger partial charge < -0.3 is 20.1 Å². The Morgan fingerprint density at radius 1 is 1.04 bits per heavy atom. The molecule has 2 rings (SSSR count). The predicted octanol–water partition coefficient (Wildman–Crippen LogP) is 4.86. The summed E-state index contributed by atoms with van der Waals surface area (Å²) in [6.45, 7) is 10.1. The number of phenols is 2. The first-order chi connectivity index (χ1) is 12.6. The fourth-order valence-corrected chi connectivity index (χ4v) is 2.47. The highest BCUT2D eigenvalue weighted by Crippen LogP contribution is 2.37. The van der Waals surface area contributed by atoms with Crippen LogP contribution in [0, 0.1) is 0 Å². The van der Waals surface area contributed by atoms with Crippen molar-refractivity contribution in [2.24, 2.45) is 0 Å². The monoisotopic (exact) mass is 372 g/mol. The molecule has 0 fully saturated rings. The van der Waals surface area contributed by atoms with Crippen LogP contribution in [0.25, 0.3) is 0 Å². The number of phenolic OH excluding ortho intramolecular Hbond substituents is 2. The van der Waals surface area contributed by atoms with Gasteiger partial charge in [0.15, 0.2) is 11.5 Å². The topological polar surface area (TPSA) is 87.0 Å². The Morgan fingerprint density at radius 3 is 2.04 bits per heavy atom. The summed E-state index contributed by atoms with van der Waals surface area (Å²) < 4.78 is 5.44. The van der Waals surface area contributed by atoms with E-state index in [0.717, 1.165) is 16.7 Å². The van der Waals surface area contributed by atoms with Crippen molar-refractivity contribution in [3.63, 3.8) is 0 Å². The number of allylic oxidation sites excluding steroid dienone is 1. The number of carboxylic acid groups (broad SMARTS) is 1. The lowest BCUT2D eigenvalue weighted by molar-refractivity contribution is -0.131. The Labute approximate surface area is 160 Å². The van der Waals surface area contributed by atoms with Gasteiger partial charge in [-0.1, -0.05) is 37.6 Å². The first-order valence-corrected chi connectivity index (χ1v) is 8.71. The van der Waals surface area contributed by atoms with Crippen molar-refractivity contribution in [2.75, 3.05) is 6.61 Å². The predicted molar refractivity (Wildman–Crippen MR) is 107 cm³/mol. The maximum Gasteiger partial charge on any atom is 0.328 e. The number of rotatable bonds is 5. The van der Waals surface area contributed by atoms with Crippen LogP contribution in [0.1, 0.15) is 45.7 Å². The SMILES string of the molecule is CC(C)=CC(=O)O.CCOc1cc(C(C)(C)c2ccc(O)cc2)ccc1O. The Morgan fingerprint density at radius 2 is 1.59 bits per heavy atom. The standard InChI is InChI=1S/C17H20O3.C5H8O2/c1-4-20-16-11-13(7-10-15(16)19)17(2,3)12-5-8-14(18)9-6-12;1-4(2)3-5(6)7/h5-11,18-19H,4H2,1-3H3;3H,1-2H3,(H,6,7). The van der Waals surface area contributed by atoms with E-state index in [1.807, 2.05) is 31.2 Å². The molecule has 0 aromatic heterocycles. The van der Waals surface area contributed by atoms with Crippen LogP contribution < -0.4 is 4.74 Å². The second kappa shape index (κ2) is 9.67. The maximum atomic E-state index is 9.78. The molecule has 0 aliphatic carbocycles. The molecule has 5 heteroatoms. The molecular formula is C22H28O5. The molecule has 2 aromatic rings. The summed E-state index contributed by atoms with van der Waals surface area (Å²) >= 11 is 0. The minimum absolute atomic E-state index is 0.150. The Bertz CT molecular complexity index is 785. The van der Waals surface area contributed by atoms with E-state index in [9.17, 15) is 15.0 Å². The van der Waals surface area contributed by atoms with E-state index in [0.29, 0.717) is 12.4 Å². The molecule has 0 unspecified atom stereocenters. The molecule has 0 spiro atoms. The highest BCUT2D eigenvalue weighted by molar-refractivity contribution is 5.80. The van der Waals surface area contributed by atoms with Gasteiger partial charge in [-0.2, -0.15) is 0 Å². The van der Waals surface area contributed by atoms with Gasteiger partial charge in [0.05, 0.1) is 6.61 Å². The van der Waals surface area contributed by atoms with Gasteiger partial charge in [-0.05, 0) is 56.2 Å². The lowest BCUT2D eigenvalue weighted by Gasteiger charge is -2.26. The number of aliphatic carboxylic acids is 1. The zero-order valence-electron chi connectivity index (χ0n) is 16.5. The molecular weight excluding hydrogens is 344 g/mol. The van der Waals surface area contributed by atoms with E-state index in [1.54, 1.807) is 32.0 Å². The normalized spacial score (nSPS) is 10.4. The van der Waals surface area contributed by atoms with E-state index < -0.39 is 5.97 Å². The van der Waals surface area contributed by atoms with Crippen LogP contribution in [0.15, 0.2) is 54.1 Å². The molecule has 5 nitrogen and oxygen atoms in total. The third-order valence-corrected chi connectivity index (χ3v) is 3.98. The summed E-state index contributed by atoms with van der Waals surface area (Å²) in [5.74, 6) is 0.0271. The Kier molecular flexibility index (Phi) is 7.91. The van der Waals surface area contributed by atoms with Crippen molar-refractivity contribution in [3.8, 4) is 17.2 Å². The zero-order chi connectivity index (χ0) is 20.6. The van der Waals surface area contributed by atoms with Gasteiger partial charge in [-0.3, -0.25) is 0 Å². The summed E-state index contributed by atoms with van der Waals surface area (Å²) in [7, 11) is 0. The van der Waals surface area contributed by atoms with E-state index in [1.165, 1.54) is 6.08 Å². The summed E-state index contributed by atoms with van der Waals surface area (Å²) in [5.41, 5.74) is 2.70. The summed E-state index contributed by atoms with van der Waals surface area (Å²) in [4.78, 5) is 9.73. The highest BCUT2D eigenvalue weighted by Gasteiger charge is 2.24. The molecule has 0 heterocycles. The van der Waals surface area contributed by atoms with Crippen LogP contribution in [0.4, 0.5) is 0 Å². The van der Waals surface area contributed by atoms with E-state index in [4.69, 9.17) is 9.84 Å². The van der Waals surface area contributed by atoms with Crippen molar-refractivity contribution in [1.29, 1.82) is 0 Å². The van der Waals surface area contributed by atoms with Gasteiger partial charge in [-0.15, -0.1) is 0 Å². The lowest BCUT2D eigenvalue weighted by Crippen LogP contribution is -2.18. The van der Waals surface area contributed by atoms with Crippen LogP contribution in [-0.2, 0) is 10.2 Å². The number of hydrogen-bond acceptors (Lipinski definition) is 4. The number of benzene rings is 2. The number of carbonyl (C=O) groups is 1. The minimum Gasteiger partial charge on any atom is -0.508 e. The molecule has 0 bridgehead atoms. The molecule has 0 saturated carbocycles. The largest absolute Gasteiger partial charge is 0.508 e. The molecule has 0 atom stereocenters. The van der Waals surface area contributed by atoms with Crippen LogP contribution in [0.2, 0.25) is 0 Å². The average molecular weight is 372 g/mol. The fourth-order valence-electron chi connectivity index (χ4n) is 2.47. The first kappa shape index (κ1) is 22.1. The van der Waals surface area contributed by atoms with Gasteiger partial charge in [0, 0.05) is 11.5 Å². The quantitative estimate of drug-likeness (QED) is 0.653. The van der Waals surface area contributed by atoms with Crippen LogP contribution >= 0.6 is 0 Å². The summed E-state index contributed by atoms with van der Waals surface area (Å²) in [6, 6.07) is 12.6. The number of aromatic hydroxyl groups is 2. The molecule has 3 N–H and O–H groups in total. The number of ether oxygens (including phenoxy) is 1. The Hall–Kier alpha value is -2.95. The molecule has 2 aromatic carbocycles. The van der Waals surface area contributed by atoms with Gasteiger partial charge in [0.2, 0.25) is 0 Å². The number of hydrogen-bond donors (Lipinski definition) is 3. The van der Waals surface area contributed by atoms with Crippen LogP contribution in [0.5, 0.6) is 17.2 Å². The van der Waals surface area contributed by atoms with Crippen molar-refractivity contribution < 1.29 is 24.9 Å². The third-order valence-electron chi connectivity index (χ3n) is 3.98. The van der Waals surface area contributed by atoms with E-state index in [2.05, 4.69) is 13.8 Å². The lowest BCUT2D eigenvalue weighted by atomic mass is 9.78. The van der Waals surface area contributed by atoms with Crippen molar-refractivity contribution >= 4 is 5.97 Å². The average Bonchev–Trinajstić information content (AvgIpc) is 2.56. The van der Waals surface area contributed by atoms with Crippen molar-refractivity contribution in [3.05, 3.63) is 65.2 Å². The van der Waals surface area contributed by atoms with Crippen LogP contribution in [-0.4, -0.2) is 27.9 Å². The minimum atomic E-state index is -0.875. The van der Waals surface area contributed by atoms with Crippen molar-refractivity contribution in [2.45, 2.75) is 40.0 Å². The molecule has 0 radical (unpaired) electrons. The molecule has 0 aliphatic rings. The summed E-state index contributed by atoms with van der Waals surface area (Å²) in [6.07, 6.45) is 1.17. The number of carboxylic acids is 1. The van der Waals surface area contributed by atoms with Gasteiger partial charge in [0.25, 0.3) is 0 Å². The van der Waals surface area contributed by atoms with E-state index >= 15 is 0 Å². The zero-order valence-corrected chi connectivity index (χ0v) is 16.5. The van der Waals surface area contributed by atoms with Crippen molar-refractivity contribution in [1.82, 2.24) is 0 Å². The first-order valence-electron chi connectivity index (χ1n) is 8.71. The molecule has 146 valence electrons.